The molecule has 4 nitrogen and oxygen atoms in total. The normalized spacial score (nSPS) is 18.6. The summed E-state index contributed by atoms with van der Waals surface area (Å²) in [5.41, 5.74) is 16.7. The molecule has 0 atom stereocenters. The van der Waals surface area contributed by atoms with Crippen LogP contribution in [0.3, 0.4) is 0 Å². The number of benzene rings is 1. The molecule has 4 heteroatoms. The maximum Gasteiger partial charge on any atom is 0.280 e. The van der Waals surface area contributed by atoms with Gasteiger partial charge in [0, 0.05) is 5.56 Å². The van der Waals surface area contributed by atoms with Crippen molar-refractivity contribution in [1.29, 1.82) is 0 Å². The van der Waals surface area contributed by atoms with Crippen LogP contribution in [0.25, 0.3) is 6.08 Å². The highest BCUT2D eigenvalue weighted by Crippen LogP contribution is 2.44. The first-order valence-electron chi connectivity index (χ1n) is 8.40. The van der Waals surface area contributed by atoms with Gasteiger partial charge in [-0.2, -0.15) is 4.99 Å². The minimum absolute atomic E-state index is 0.219. The van der Waals surface area contributed by atoms with E-state index in [1.165, 1.54) is 17.6 Å². The van der Waals surface area contributed by atoms with Crippen molar-refractivity contribution < 1.29 is 4.79 Å². The van der Waals surface area contributed by atoms with Gasteiger partial charge in [0.2, 0.25) is 0 Å². The number of nitrogens with two attached hydrogens (primary N) is 2. The number of guanidine groups is 1. The summed E-state index contributed by atoms with van der Waals surface area (Å²) in [7, 11) is 0. The number of aliphatic imine (C=N–C) groups is 1. The molecular weight excluding hydrogens is 298 g/mol. The highest BCUT2D eigenvalue weighted by atomic mass is 16.1. The molecule has 0 heterocycles. The van der Waals surface area contributed by atoms with Crippen LogP contribution in [0.2, 0.25) is 0 Å². The molecule has 4 N–H and O–H groups in total. The van der Waals surface area contributed by atoms with E-state index in [0.717, 1.165) is 18.4 Å². The van der Waals surface area contributed by atoms with Crippen LogP contribution in [0, 0.1) is 5.41 Å². The van der Waals surface area contributed by atoms with Crippen molar-refractivity contribution in [2.45, 2.75) is 47.0 Å². The molecule has 1 aromatic rings. The van der Waals surface area contributed by atoms with Crippen LogP contribution in [0.5, 0.6) is 0 Å². The largest absolute Gasteiger partial charge is 0.370 e. The second-order valence-corrected chi connectivity index (χ2v) is 6.97. The number of hydrogen-bond acceptors (Lipinski definition) is 1. The Morgan fingerprint density at radius 2 is 1.88 bits per heavy atom. The Kier molecular flexibility index (Phi) is 5.27. The van der Waals surface area contributed by atoms with Crippen molar-refractivity contribution >= 4 is 17.9 Å². The maximum atomic E-state index is 11.8. The van der Waals surface area contributed by atoms with E-state index in [4.69, 9.17) is 11.5 Å². The monoisotopic (exact) mass is 325 g/mol. The summed E-state index contributed by atoms with van der Waals surface area (Å²) in [5.74, 6) is -0.637. The molecule has 2 rings (SSSR count). The van der Waals surface area contributed by atoms with E-state index >= 15 is 0 Å². The van der Waals surface area contributed by atoms with E-state index in [0.29, 0.717) is 5.56 Å². The summed E-state index contributed by atoms with van der Waals surface area (Å²) in [5, 5.41) is 0. The van der Waals surface area contributed by atoms with Gasteiger partial charge in [-0.1, -0.05) is 44.6 Å². The van der Waals surface area contributed by atoms with Gasteiger partial charge in [-0.25, -0.2) is 0 Å². The number of allylic oxidation sites excluding steroid dienone is 3. The van der Waals surface area contributed by atoms with E-state index in [9.17, 15) is 4.79 Å². The number of hydrogen-bond donors (Lipinski definition) is 2. The second-order valence-electron chi connectivity index (χ2n) is 6.97. The highest BCUT2D eigenvalue weighted by molar-refractivity contribution is 6.01. The molecule has 0 saturated heterocycles. The summed E-state index contributed by atoms with van der Waals surface area (Å²) in [6, 6.07) is 7.38. The fourth-order valence-corrected chi connectivity index (χ4v) is 3.52. The Bertz CT molecular complexity index is 718. The topological polar surface area (TPSA) is 81.5 Å². The zero-order chi connectivity index (χ0) is 17.9. The number of carbonyl (C=O) groups excluding carboxylic acids is 1. The van der Waals surface area contributed by atoms with Gasteiger partial charge in [-0.05, 0) is 60.4 Å². The summed E-state index contributed by atoms with van der Waals surface area (Å²) in [6.45, 7) is 9.11. The minimum Gasteiger partial charge on any atom is -0.370 e. The van der Waals surface area contributed by atoms with Gasteiger partial charge in [0.1, 0.15) is 0 Å². The van der Waals surface area contributed by atoms with Crippen molar-refractivity contribution in [3.8, 4) is 0 Å². The SMILES string of the molecule is CCC1=C(C)/C(=C/c2ccc(C(=O)N=C(N)N)cc2)CCC1(C)C. The molecule has 0 unspecified atom stereocenters. The third-order valence-corrected chi connectivity index (χ3v) is 4.85. The lowest BCUT2D eigenvalue weighted by molar-refractivity contribution is 0.100. The van der Waals surface area contributed by atoms with Gasteiger partial charge in [-0.3, -0.25) is 4.79 Å². The lowest BCUT2D eigenvalue weighted by Crippen LogP contribution is -2.24. The fourth-order valence-electron chi connectivity index (χ4n) is 3.52. The van der Waals surface area contributed by atoms with Crippen molar-refractivity contribution in [1.82, 2.24) is 0 Å². The first-order valence-corrected chi connectivity index (χ1v) is 8.40. The van der Waals surface area contributed by atoms with Crippen LogP contribution in [0.1, 0.15) is 62.9 Å². The van der Waals surface area contributed by atoms with Crippen LogP contribution in [0.15, 0.2) is 46.0 Å². The molecule has 1 aromatic carbocycles. The van der Waals surface area contributed by atoms with Crippen molar-refractivity contribution in [3.05, 3.63) is 52.1 Å². The number of rotatable bonds is 3. The molecular formula is C20H27N3O. The quantitative estimate of drug-likeness (QED) is 0.650. The zero-order valence-electron chi connectivity index (χ0n) is 15.0. The van der Waals surface area contributed by atoms with Crippen LogP contribution >= 0.6 is 0 Å². The second kappa shape index (κ2) is 7.04. The molecule has 0 aliphatic heterocycles. The Morgan fingerprint density at radius 3 is 2.42 bits per heavy atom. The summed E-state index contributed by atoms with van der Waals surface area (Å²) < 4.78 is 0. The molecule has 0 fully saturated rings. The molecule has 0 aromatic heterocycles. The molecule has 1 amide bonds. The van der Waals surface area contributed by atoms with Crippen LogP contribution in [0.4, 0.5) is 0 Å². The van der Waals surface area contributed by atoms with Gasteiger partial charge >= 0.3 is 0 Å². The Labute approximate surface area is 144 Å². The third kappa shape index (κ3) is 3.94. The molecule has 0 radical (unpaired) electrons. The van der Waals surface area contributed by atoms with E-state index in [1.807, 2.05) is 12.1 Å². The zero-order valence-corrected chi connectivity index (χ0v) is 15.0. The van der Waals surface area contributed by atoms with E-state index in [-0.39, 0.29) is 11.4 Å². The van der Waals surface area contributed by atoms with Gasteiger partial charge in [0.25, 0.3) is 5.91 Å². The van der Waals surface area contributed by atoms with Crippen LogP contribution in [-0.2, 0) is 0 Å². The van der Waals surface area contributed by atoms with E-state index < -0.39 is 5.91 Å². The van der Waals surface area contributed by atoms with E-state index in [1.54, 1.807) is 17.7 Å². The number of nitrogens with zero attached hydrogens (tertiary/aromatic N) is 1. The molecule has 0 bridgehead atoms. The van der Waals surface area contributed by atoms with Crippen molar-refractivity contribution in [2.75, 3.05) is 0 Å². The van der Waals surface area contributed by atoms with Crippen molar-refractivity contribution in [3.63, 3.8) is 0 Å². The van der Waals surface area contributed by atoms with Crippen LogP contribution in [-0.4, -0.2) is 11.9 Å². The van der Waals surface area contributed by atoms with Gasteiger partial charge in [0.05, 0.1) is 0 Å². The molecule has 1 aliphatic rings. The number of carbonyl (C=O) groups is 1. The first-order chi connectivity index (χ1) is 11.2. The minimum atomic E-state index is -0.419. The summed E-state index contributed by atoms with van der Waals surface area (Å²) in [4.78, 5) is 15.3. The predicted octanol–water partition coefficient (Wildman–Crippen LogP) is 4.03. The summed E-state index contributed by atoms with van der Waals surface area (Å²) >= 11 is 0. The lowest BCUT2D eigenvalue weighted by atomic mass is 9.70. The van der Waals surface area contributed by atoms with Gasteiger partial charge in [0.15, 0.2) is 5.96 Å². The Morgan fingerprint density at radius 1 is 1.25 bits per heavy atom. The standard InChI is InChI=1S/C20H27N3O/c1-5-17-13(2)16(10-11-20(17,3)4)12-14-6-8-15(9-7-14)18(24)23-19(21)22/h6-9,12H,5,10-11H2,1-4H3,(H4,21,22,23,24)/b16-12+. The van der Waals surface area contributed by atoms with Crippen LogP contribution < -0.4 is 11.5 Å². The molecule has 0 spiro atoms. The summed E-state index contributed by atoms with van der Waals surface area (Å²) in [6.07, 6.45) is 5.55. The molecule has 1 aliphatic carbocycles. The maximum absolute atomic E-state index is 11.8. The Balaban J connectivity index is 2.29. The average Bonchev–Trinajstić information content (AvgIpc) is 2.50. The van der Waals surface area contributed by atoms with Crippen molar-refractivity contribution in [2.24, 2.45) is 21.9 Å². The van der Waals surface area contributed by atoms with E-state index in [2.05, 4.69) is 38.8 Å². The smallest absolute Gasteiger partial charge is 0.280 e. The molecule has 128 valence electrons. The Hall–Kier alpha value is -2.36. The molecule has 24 heavy (non-hydrogen) atoms. The first kappa shape index (κ1) is 18.0. The fraction of sp³-hybridized carbons (Fsp3) is 0.400. The number of amides is 1. The van der Waals surface area contributed by atoms with Gasteiger partial charge in [-0.15, -0.1) is 0 Å². The highest BCUT2D eigenvalue weighted by Gasteiger charge is 2.29. The average molecular weight is 325 g/mol. The third-order valence-electron chi connectivity index (χ3n) is 4.85. The molecule has 0 saturated carbocycles. The predicted molar refractivity (Wildman–Crippen MR) is 101 cm³/mol. The van der Waals surface area contributed by atoms with Gasteiger partial charge < -0.3 is 11.5 Å². The lowest BCUT2D eigenvalue weighted by Gasteiger charge is -2.35.